The summed E-state index contributed by atoms with van der Waals surface area (Å²) in [6.45, 7) is 1.74. The first-order valence-electron chi connectivity index (χ1n) is 6.38. The Bertz CT molecular complexity index is 416. The van der Waals surface area contributed by atoms with Gasteiger partial charge >= 0.3 is 6.09 Å². The first kappa shape index (κ1) is 12.9. The Balaban J connectivity index is 1.88. The lowest BCUT2D eigenvalue weighted by atomic mass is 10.1. The van der Waals surface area contributed by atoms with Crippen molar-refractivity contribution in [2.24, 2.45) is 0 Å². The van der Waals surface area contributed by atoms with Crippen LogP contribution in [-0.2, 0) is 4.74 Å². The second-order valence-electron chi connectivity index (χ2n) is 4.70. The molecule has 4 heteroatoms. The maximum Gasteiger partial charge on any atom is 0.407 e. The van der Waals surface area contributed by atoms with Crippen LogP contribution in [0.5, 0.6) is 0 Å². The number of carbonyl (C=O) groups excluding carboxylic acids is 1. The number of nitrogens with one attached hydrogen (secondary N) is 1. The number of rotatable bonds is 3. The normalized spacial score (nSPS) is 17.4. The van der Waals surface area contributed by atoms with Crippen LogP contribution >= 0.6 is 0 Å². The van der Waals surface area contributed by atoms with E-state index in [1.54, 1.807) is 25.1 Å². The molecule has 1 fully saturated rings. The van der Waals surface area contributed by atoms with Gasteiger partial charge in [-0.05, 0) is 38.7 Å². The van der Waals surface area contributed by atoms with Crippen LogP contribution in [0.1, 0.15) is 44.2 Å². The highest BCUT2D eigenvalue weighted by Crippen LogP contribution is 2.22. The van der Waals surface area contributed by atoms with Crippen molar-refractivity contribution in [2.45, 2.75) is 44.8 Å². The van der Waals surface area contributed by atoms with E-state index in [0.29, 0.717) is 5.56 Å². The lowest BCUT2D eigenvalue weighted by molar-refractivity contribution is 0.0983. The Hall–Kier alpha value is -1.58. The van der Waals surface area contributed by atoms with E-state index in [0.717, 1.165) is 25.7 Å². The fraction of sp³-hybridized carbons (Fsp3) is 0.500. The number of halogens is 1. The standard InChI is InChI=1S/C14H18FNO2/c1-10(12-8-4-5-9-13(12)15)16-14(17)18-11-6-2-3-7-11/h4-5,8-11H,2-3,6-7H2,1H3,(H,16,17). The lowest BCUT2D eigenvalue weighted by Gasteiger charge is -2.17. The highest BCUT2D eigenvalue weighted by Gasteiger charge is 2.20. The smallest absolute Gasteiger partial charge is 0.407 e. The fourth-order valence-electron chi connectivity index (χ4n) is 2.27. The zero-order valence-electron chi connectivity index (χ0n) is 10.5. The average Bonchev–Trinajstić information content (AvgIpc) is 2.82. The van der Waals surface area contributed by atoms with E-state index in [-0.39, 0.29) is 18.0 Å². The van der Waals surface area contributed by atoms with Crippen LogP contribution in [0.2, 0.25) is 0 Å². The molecule has 1 aromatic rings. The molecular formula is C14H18FNO2. The molecule has 98 valence electrons. The predicted octanol–water partition coefficient (Wildman–Crippen LogP) is 3.56. The number of hydrogen-bond acceptors (Lipinski definition) is 2. The van der Waals surface area contributed by atoms with Crippen molar-refractivity contribution in [1.29, 1.82) is 0 Å². The van der Waals surface area contributed by atoms with Crippen molar-refractivity contribution in [3.63, 3.8) is 0 Å². The van der Waals surface area contributed by atoms with E-state index >= 15 is 0 Å². The van der Waals surface area contributed by atoms with Crippen molar-refractivity contribution in [2.75, 3.05) is 0 Å². The molecule has 1 atom stereocenters. The number of ether oxygens (including phenoxy) is 1. The molecule has 2 rings (SSSR count). The zero-order valence-corrected chi connectivity index (χ0v) is 10.5. The Kier molecular flexibility index (Phi) is 4.18. The van der Waals surface area contributed by atoms with E-state index in [2.05, 4.69) is 5.32 Å². The van der Waals surface area contributed by atoms with Gasteiger partial charge in [0.05, 0.1) is 6.04 Å². The van der Waals surface area contributed by atoms with Crippen LogP contribution in [0.15, 0.2) is 24.3 Å². The molecule has 0 radical (unpaired) electrons. The second-order valence-corrected chi connectivity index (χ2v) is 4.70. The van der Waals surface area contributed by atoms with E-state index in [4.69, 9.17) is 4.74 Å². The van der Waals surface area contributed by atoms with Crippen LogP contribution in [0.4, 0.5) is 9.18 Å². The molecule has 0 aromatic heterocycles. The summed E-state index contributed by atoms with van der Waals surface area (Å²) in [5.41, 5.74) is 0.473. The Morgan fingerprint density at radius 3 is 2.72 bits per heavy atom. The van der Waals surface area contributed by atoms with Gasteiger partial charge in [0.25, 0.3) is 0 Å². The van der Waals surface area contributed by atoms with Crippen molar-refractivity contribution < 1.29 is 13.9 Å². The zero-order chi connectivity index (χ0) is 13.0. The number of carbonyl (C=O) groups is 1. The highest BCUT2D eigenvalue weighted by molar-refractivity contribution is 5.68. The lowest BCUT2D eigenvalue weighted by Crippen LogP contribution is -2.30. The molecular weight excluding hydrogens is 233 g/mol. The van der Waals surface area contributed by atoms with Gasteiger partial charge in [0.2, 0.25) is 0 Å². The molecule has 1 unspecified atom stereocenters. The Morgan fingerprint density at radius 2 is 2.06 bits per heavy atom. The van der Waals surface area contributed by atoms with E-state index in [9.17, 15) is 9.18 Å². The molecule has 1 aliphatic rings. The van der Waals surface area contributed by atoms with Crippen LogP contribution in [-0.4, -0.2) is 12.2 Å². The first-order valence-corrected chi connectivity index (χ1v) is 6.38. The number of alkyl carbamates (subject to hydrolysis) is 1. The average molecular weight is 251 g/mol. The summed E-state index contributed by atoms with van der Waals surface area (Å²) in [6.07, 6.45) is 3.65. The summed E-state index contributed by atoms with van der Waals surface area (Å²) in [5, 5.41) is 2.66. The molecule has 0 heterocycles. The van der Waals surface area contributed by atoms with Gasteiger partial charge in [0.15, 0.2) is 0 Å². The van der Waals surface area contributed by atoms with Gasteiger partial charge in [-0.15, -0.1) is 0 Å². The molecule has 1 aromatic carbocycles. The SMILES string of the molecule is CC(NC(=O)OC1CCCC1)c1ccccc1F. The van der Waals surface area contributed by atoms with Crippen molar-refractivity contribution in [1.82, 2.24) is 5.32 Å². The maximum atomic E-state index is 13.5. The van der Waals surface area contributed by atoms with Gasteiger partial charge in [0.1, 0.15) is 11.9 Å². The summed E-state index contributed by atoms with van der Waals surface area (Å²) in [7, 11) is 0. The topological polar surface area (TPSA) is 38.3 Å². The molecule has 0 spiro atoms. The van der Waals surface area contributed by atoms with E-state index in [1.165, 1.54) is 6.07 Å². The van der Waals surface area contributed by atoms with Gasteiger partial charge in [0, 0.05) is 5.56 Å². The minimum absolute atomic E-state index is 0.0258. The summed E-state index contributed by atoms with van der Waals surface area (Å²) in [4.78, 5) is 11.6. The molecule has 1 N–H and O–H groups in total. The predicted molar refractivity (Wildman–Crippen MR) is 66.7 cm³/mol. The number of hydrogen-bond donors (Lipinski definition) is 1. The molecule has 18 heavy (non-hydrogen) atoms. The van der Waals surface area contributed by atoms with Gasteiger partial charge in [-0.3, -0.25) is 0 Å². The summed E-state index contributed by atoms with van der Waals surface area (Å²) >= 11 is 0. The number of benzene rings is 1. The number of amides is 1. The first-order chi connectivity index (χ1) is 8.66. The van der Waals surface area contributed by atoms with Gasteiger partial charge in [-0.1, -0.05) is 18.2 Å². The minimum Gasteiger partial charge on any atom is -0.446 e. The van der Waals surface area contributed by atoms with Crippen molar-refractivity contribution >= 4 is 6.09 Å². The maximum absolute atomic E-state index is 13.5. The van der Waals surface area contributed by atoms with Crippen LogP contribution < -0.4 is 5.32 Å². The third-order valence-electron chi connectivity index (χ3n) is 3.28. The molecule has 0 aliphatic heterocycles. The minimum atomic E-state index is -0.461. The van der Waals surface area contributed by atoms with Crippen LogP contribution in [0.3, 0.4) is 0 Å². The van der Waals surface area contributed by atoms with E-state index in [1.807, 2.05) is 0 Å². The molecule has 3 nitrogen and oxygen atoms in total. The Morgan fingerprint density at radius 1 is 1.39 bits per heavy atom. The largest absolute Gasteiger partial charge is 0.446 e. The molecule has 1 aliphatic carbocycles. The third-order valence-corrected chi connectivity index (χ3v) is 3.28. The molecule has 1 saturated carbocycles. The third kappa shape index (κ3) is 3.22. The summed E-state index contributed by atoms with van der Waals surface area (Å²) < 4.78 is 18.8. The van der Waals surface area contributed by atoms with Crippen molar-refractivity contribution in [3.8, 4) is 0 Å². The quantitative estimate of drug-likeness (QED) is 0.892. The monoisotopic (exact) mass is 251 g/mol. The molecule has 0 bridgehead atoms. The molecule has 1 amide bonds. The molecule has 0 saturated heterocycles. The van der Waals surface area contributed by atoms with Gasteiger partial charge < -0.3 is 10.1 Å². The van der Waals surface area contributed by atoms with Gasteiger partial charge in [-0.25, -0.2) is 9.18 Å². The highest BCUT2D eigenvalue weighted by atomic mass is 19.1. The van der Waals surface area contributed by atoms with Crippen LogP contribution in [0.25, 0.3) is 0 Å². The second kappa shape index (κ2) is 5.85. The van der Waals surface area contributed by atoms with Crippen molar-refractivity contribution in [3.05, 3.63) is 35.6 Å². The Labute approximate surface area is 106 Å². The summed E-state index contributed by atoms with van der Waals surface area (Å²) in [5.74, 6) is -0.314. The fourth-order valence-corrected chi connectivity index (χ4v) is 2.27. The van der Waals surface area contributed by atoms with Crippen LogP contribution in [0, 0.1) is 5.82 Å². The van der Waals surface area contributed by atoms with Gasteiger partial charge in [-0.2, -0.15) is 0 Å². The summed E-state index contributed by atoms with van der Waals surface area (Å²) in [6, 6.07) is 6.03. The van der Waals surface area contributed by atoms with E-state index < -0.39 is 6.09 Å².